The second-order valence-electron chi connectivity index (χ2n) is 5.84. The number of nitrogens with zero attached hydrogens (tertiary/aromatic N) is 1. The third kappa shape index (κ3) is 2.16. The van der Waals surface area contributed by atoms with Crippen molar-refractivity contribution in [3.05, 3.63) is 51.4 Å². The molecular formula is C17H17N3OS. The number of carbonyl (C=O) groups excluding carboxylic acids is 1. The van der Waals surface area contributed by atoms with Crippen molar-refractivity contribution in [1.82, 2.24) is 0 Å². The highest BCUT2D eigenvalue weighted by Crippen LogP contribution is 2.44. The summed E-state index contributed by atoms with van der Waals surface area (Å²) in [5.74, 6) is -0.477. The van der Waals surface area contributed by atoms with Crippen molar-refractivity contribution in [3.8, 4) is 6.07 Å². The Kier molecular flexibility index (Phi) is 3.42. The first kappa shape index (κ1) is 14.6. The molecule has 1 amide bonds. The maximum atomic E-state index is 11.6. The van der Waals surface area contributed by atoms with Crippen LogP contribution in [0, 0.1) is 18.3 Å². The molecule has 1 atom stereocenters. The number of primary amides is 1. The quantitative estimate of drug-likeness (QED) is 0.893. The first-order valence-electron chi connectivity index (χ1n) is 7.15. The van der Waals surface area contributed by atoms with Gasteiger partial charge in [-0.2, -0.15) is 5.26 Å². The predicted octanol–water partition coefficient (Wildman–Crippen LogP) is 2.69. The van der Waals surface area contributed by atoms with Crippen LogP contribution in [0.4, 0.5) is 5.00 Å². The minimum atomic E-state index is -0.549. The molecule has 1 aliphatic carbocycles. The Morgan fingerprint density at radius 2 is 2.05 bits per heavy atom. The molecule has 0 fully saturated rings. The Morgan fingerprint density at radius 3 is 2.64 bits per heavy atom. The number of fused-ring (bicyclic) bond motifs is 1. The van der Waals surface area contributed by atoms with E-state index in [0.717, 1.165) is 16.0 Å². The molecule has 0 bridgehead atoms. The molecule has 3 rings (SSSR count). The summed E-state index contributed by atoms with van der Waals surface area (Å²) in [4.78, 5) is 12.6. The van der Waals surface area contributed by atoms with Crippen LogP contribution in [-0.2, 0) is 18.3 Å². The molecule has 1 heterocycles. The molecule has 1 aromatic heterocycles. The number of nitrogen functional groups attached to an aromatic ring is 1. The third-order valence-corrected chi connectivity index (χ3v) is 5.51. The second kappa shape index (κ2) is 5.15. The van der Waals surface area contributed by atoms with Crippen LogP contribution < -0.4 is 11.5 Å². The van der Waals surface area contributed by atoms with Gasteiger partial charge in [0.1, 0.15) is 0 Å². The van der Waals surface area contributed by atoms with Crippen molar-refractivity contribution in [1.29, 1.82) is 5.26 Å². The summed E-state index contributed by atoms with van der Waals surface area (Å²) >= 11 is 1.39. The van der Waals surface area contributed by atoms with Crippen molar-refractivity contribution in [2.45, 2.75) is 31.6 Å². The van der Waals surface area contributed by atoms with Crippen molar-refractivity contribution in [2.24, 2.45) is 5.73 Å². The number of nitriles is 1. The zero-order chi connectivity index (χ0) is 15.9. The van der Waals surface area contributed by atoms with Crippen molar-refractivity contribution < 1.29 is 4.79 Å². The van der Waals surface area contributed by atoms with E-state index in [-0.39, 0.29) is 0 Å². The highest BCUT2D eigenvalue weighted by Gasteiger charge is 2.39. The molecule has 22 heavy (non-hydrogen) atoms. The van der Waals surface area contributed by atoms with Gasteiger partial charge in [0.2, 0.25) is 0 Å². The van der Waals surface area contributed by atoms with Crippen LogP contribution in [0.25, 0.3) is 0 Å². The molecule has 5 heteroatoms. The van der Waals surface area contributed by atoms with Gasteiger partial charge in [0.15, 0.2) is 0 Å². The van der Waals surface area contributed by atoms with Crippen molar-refractivity contribution in [2.75, 3.05) is 5.73 Å². The molecule has 4 N–H and O–H groups in total. The first-order valence-corrected chi connectivity index (χ1v) is 7.97. The van der Waals surface area contributed by atoms with Gasteiger partial charge >= 0.3 is 0 Å². The third-order valence-electron chi connectivity index (χ3n) is 4.45. The summed E-state index contributed by atoms with van der Waals surface area (Å²) in [7, 11) is 0. The molecule has 0 saturated heterocycles. The van der Waals surface area contributed by atoms with Crippen molar-refractivity contribution in [3.63, 3.8) is 0 Å². The number of anilines is 1. The number of hydrogen-bond donors (Lipinski definition) is 2. The minimum Gasteiger partial charge on any atom is -0.390 e. The van der Waals surface area contributed by atoms with Crippen LogP contribution in [0.3, 0.4) is 0 Å². The Balaban J connectivity index is 2.05. The standard InChI is InChI=1S/C17H17N3OS/c1-10-2-4-11(5-3-10)17(9-18)7-6-12-13(8-17)22-16(20)14(12)15(19)21/h2-5H,6-8,20H2,1H3,(H2,19,21). The van der Waals surface area contributed by atoms with Crippen LogP contribution in [0.5, 0.6) is 0 Å². The topological polar surface area (TPSA) is 92.9 Å². The first-order chi connectivity index (χ1) is 10.5. The molecule has 2 aromatic rings. The van der Waals surface area contributed by atoms with E-state index in [9.17, 15) is 10.1 Å². The Labute approximate surface area is 133 Å². The van der Waals surface area contributed by atoms with Gasteiger partial charge in [0, 0.05) is 11.3 Å². The zero-order valence-electron chi connectivity index (χ0n) is 12.3. The maximum absolute atomic E-state index is 11.6. The molecule has 0 radical (unpaired) electrons. The zero-order valence-corrected chi connectivity index (χ0v) is 13.2. The van der Waals surface area contributed by atoms with Crippen LogP contribution in [-0.4, -0.2) is 5.91 Å². The highest BCUT2D eigenvalue weighted by molar-refractivity contribution is 7.16. The van der Waals surface area contributed by atoms with Crippen LogP contribution >= 0.6 is 11.3 Å². The van der Waals surface area contributed by atoms with E-state index in [4.69, 9.17) is 11.5 Å². The van der Waals surface area contributed by atoms with Crippen LogP contribution in [0.15, 0.2) is 24.3 Å². The lowest BCUT2D eigenvalue weighted by molar-refractivity contribution is 0.100. The number of carbonyl (C=O) groups is 1. The fourth-order valence-electron chi connectivity index (χ4n) is 3.19. The summed E-state index contributed by atoms with van der Waals surface area (Å²) < 4.78 is 0. The average molecular weight is 311 g/mol. The molecule has 4 nitrogen and oxygen atoms in total. The summed E-state index contributed by atoms with van der Waals surface area (Å²) in [6.07, 6.45) is 1.92. The van der Waals surface area contributed by atoms with E-state index in [1.165, 1.54) is 16.9 Å². The molecule has 1 aromatic carbocycles. The van der Waals surface area contributed by atoms with Crippen LogP contribution in [0.1, 0.15) is 38.3 Å². The Hall–Kier alpha value is -2.32. The van der Waals surface area contributed by atoms with E-state index in [2.05, 4.69) is 6.07 Å². The van der Waals surface area contributed by atoms with Gasteiger partial charge in [-0.15, -0.1) is 11.3 Å². The second-order valence-corrected chi connectivity index (χ2v) is 6.98. The van der Waals surface area contributed by atoms with E-state index < -0.39 is 11.3 Å². The Bertz CT molecular complexity index is 785. The van der Waals surface area contributed by atoms with E-state index in [1.54, 1.807) is 0 Å². The molecule has 112 valence electrons. The van der Waals surface area contributed by atoms with Crippen LogP contribution in [0.2, 0.25) is 0 Å². The van der Waals surface area contributed by atoms with E-state index >= 15 is 0 Å². The summed E-state index contributed by atoms with van der Waals surface area (Å²) in [6, 6.07) is 10.6. The predicted molar refractivity (Wildman–Crippen MR) is 87.7 cm³/mol. The fourth-order valence-corrected chi connectivity index (χ4v) is 4.43. The molecule has 0 saturated carbocycles. The molecule has 0 spiro atoms. The van der Waals surface area contributed by atoms with E-state index in [1.807, 2.05) is 31.2 Å². The lowest BCUT2D eigenvalue weighted by atomic mass is 9.70. The smallest absolute Gasteiger partial charge is 0.251 e. The maximum Gasteiger partial charge on any atom is 0.251 e. The number of amides is 1. The average Bonchev–Trinajstić information content (AvgIpc) is 2.82. The van der Waals surface area contributed by atoms with E-state index in [0.29, 0.717) is 29.8 Å². The summed E-state index contributed by atoms with van der Waals surface area (Å²) in [5.41, 5.74) is 14.4. The van der Waals surface area contributed by atoms with Gasteiger partial charge in [-0.3, -0.25) is 4.79 Å². The lowest BCUT2D eigenvalue weighted by Gasteiger charge is -2.31. The van der Waals surface area contributed by atoms with Gasteiger partial charge in [0.05, 0.1) is 22.0 Å². The minimum absolute atomic E-state index is 0.454. The van der Waals surface area contributed by atoms with Gasteiger partial charge in [0.25, 0.3) is 5.91 Å². The number of aryl methyl sites for hydroxylation is 1. The number of rotatable bonds is 2. The molecule has 1 aliphatic rings. The van der Waals surface area contributed by atoms with Crippen molar-refractivity contribution >= 4 is 22.2 Å². The van der Waals surface area contributed by atoms with Gasteiger partial charge in [-0.25, -0.2) is 0 Å². The normalized spacial score (nSPS) is 20.2. The SMILES string of the molecule is Cc1ccc(C2(C#N)CCc3c(sc(N)c3C(N)=O)C2)cc1. The number of thiophene rings is 1. The largest absolute Gasteiger partial charge is 0.390 e. The monoisotopic (exact) mass is 311 g/mol. The molecular weight excluding hydrogens is 294 g/mol. The lowest BCUT2D eigenvalue weighted by Crippen LogP contribution is -2.32. The molecule has 0 aliphatic heterocycles. The highest BCUT2D eigenvalue weighted by atomic mass is 32.1. The fraction of sp³-hybridized carbons (Fsp3) is 0.294. The summed E-state index contributed by atoms with van der Waals surface area (Å²) in [6.45, 7) is 2.03. The van der Waals surface area contributed by atoms with Gasteiger partial charge in [-0.1, -0.05) is 29.8 Å². The van der Waals surface area contributed by atoms with Gasteiger partial charge < -0.3 is 11.5 Å². The molecule has 1 unspecified atom stereocenters. The van der Waals surface area contributed by atoms with Gasteiger partial charge in [-0.05, 0) is 30.9 Å². The number of benzene rings is 1. The number of hydrogen-bond acceptors (Lipinski definition) is 4. The number of nitrogens with two attached hydrogens (primary N) is 2. The summed E-state index contributed by atoms with van der Waals surface area (Å²) in [5, 5.41) is 10.3. The Morgan fingerprint density at radius 1 is 1.36 bits per heavy atom.